The molecule has 4 nitrogen and oxygen atoms in total. The summed E-state index contributed by atoms with van der Waals surface area (Å²) in [6.07, 6.45) is 1.65. The number of Topliss-reactive ketones (excluding diaryl/α,β-unsaturated/α-hetero) is 1. The number of halogens is 2. The van der Waals surface area contributed by atoms with Gasteiger partial charge in [0.2, 0.25) is 0 Å². The molecule has 0 spiro atoms. The minimum Gasteiger partial charge on any atom is -0.493 e. The first-order valence-electron chi connectivity index (χ1n) is 7.18. The van der Waals surface area contributed by atoms with E-state index in [0.717, 1.165) is 0 Å². The highest BCUT2D eigenvalue weighted by atomic mass is 19.3. The quantitative estimate of drug-likeness (QED) is 0.795. The van der Waals surface area contributed by atoms with Gasteiger partial charge >= 0.3 is 6.61 Å². The molecule has 0 radical (unpaired) electrons. The Morgan fingerprint density at radius 2 is 1.96 bits per heavy atom. The third-order valence-corrected chi connectivity index (χ3v) is 3.55. The number of methoxy groups -OCH3 is 1. The van der Waals surface area contributed by atoms with Gasteiger partial charge in [-0.05, 0) is 35.9 Å². The lowest BCUT2D eigenvalue weighted by atomic mass is 9.98. The van der Waals surface area contributed by atoms with E-state index in [4.69, 9.17) is 9.47 Å². The van der Waals surface area contributed by atoms with E-state index < -0.39 is 6.61 Å². The van der Waals surface area contributed by atoms with Gasteiger partial charge in [-0.1, -0.05) is 18.2 Å². The molecule has 0 atom stereocenters. The minimum atomic E-state index is -2.94. The zero-order chi connectivity index (χ0) is 17.1. The lowest BCUT2D eigenvalue weighted by molar-refractivity contribution is -0.0512. The predicted octanol–water partition coefficient (Wildman–Crippen LogP) is 3.96. The zero-order valence-corrected chi connectivity index (χ0v) is 12.8. The molecule has 1 aliphatic heterocycles. The molecule has 0 aromatic heterocycles. The molecule has 1 aliphatic rings. The number of hydrogen-bond donors (Lipinski definition) is 0. The largest absolute Gasteiger partial charge is 0.493 e. The van der Waals surface area contributed by atoms with Crippen LogP contribution in [0.5, 0.6) is 17.2 Å². The fourth-order valence-electron chi connectivity index (χ4n) is 2.45. The van der Waals surface area contributed by atoms with Crippen molar-refractivity contribution in [3.63, 3.8) is 0 Å². The summed E-state index contributed by atoms with van der Waals surface area (Å²) in [7, 11) is 1.36. The third-order valence-electron chi connectivity index (χ3n) is 3.55. The van der Waals surface area contributed by atoms with Crippen LogP contribution in [0.1, 0.15) is 15.9 Å². The number of hydrogen-bond acceptors (Lipinski definition) is 4. The van der Waals surface area contributed by atoms with Crippen LogP contribution in [0.4, 0.5) is 8.78 Å². The molecular formula is C18H14F2O4. The second-order valence-electron chi connectivity index (χ2n) is 5.07. The van der Waals surface area contributed by atoms with E-state index in [1.54, 1.807) is 36.4 Å². The van der Waals surface area contributed by atoms with Crippen LogP contribution in [-0.4, -0.2) is 26.1 Å². The molecule has 2 aromatic rings. The molecule has 24 heavy (non-hydrogen) atoms. The summed E-state index contributed by atoms with van der Waals surface area (Å²) in [6, 6.07) is 11.5. The molecule has 6 heteroatoms. The first-order chi connectivity index (χ1) is 11.6. The van der Waals surface area contributed by atoms with E-state index in [1.807, 2.05) is 0 Å². The molecule has 0 bridgehead atoms. The Kier molecular flexibility index (Phi) is 4.46. The van der Waals surface area contributed by atoms with Gasteiger partial charge in [0, 0.05) is 5.57 Å². The van der Waals surface area contributed by atoms with E-state index >= 15 is 0 Å². The van der Waals surface area contributed by atoms with Gasteiger partial charge in [-0.2, -0.15) is 8.78 Å². The number of benzene rings is 2. The maximum absolute atomic E-state index is 12.5. The molecule has 0 amide bonds. The molecule has 0 aliphatic carbocycles. The molecule has 0 saturated carbocycles. The number of carbonyl (C=O) groups is 1. The topological polar surface area (TPSA) is 44.8 Å². The van der Waals surface area contributed by atoms with Crippen molar-refractivity contribution in [3.8, 4) is 17.2 Å². The van der Waals surface area contributed by atoms with Gasteiger partial charge in [0.05, 0.1) is 12.7 Å². The van der Waals surface area contributed by atoms with Crippen LogP contribution in [0, 0.1) is 0 Å². The SMILES string of the molecule is COc1cc(/C=C2\COc3ccccc3C2=O)ccc1OC(F)F. The molecule has 3 rings (SSSR count). The molecular weight excluding hydrogens is 318 g/mol. The van der Waals surface area contributed by atoms with Crippen LogP contribution >= 0.6 is 0 Å². The van der Waals surface area contributed by atoms with E-state index in [-0.39, 0.29) is 23.9 Å². The summed E-state index contributed by atoms with van der Waals surface area (Å²) < 4.78 is 39.7. The Bertz CT molecular complexity index is 799. The summed E-state index contributed by atoms with van der Waals surface area (Å²) in [5.74, 6) is 0.530. The first kappa shape index (κ1) is 16.0. The predicted molar refractivity (Wildman–Crippen MR) is 83.9 cm³/mol. The van der Waals surface area contributed by atoms with E-state index in [1.165, 1.54) is 19.2 Å². The Morgan fingerprint density at radius 1 is 1.17 bits per heavy atom. The monoisotopic (exact) mass is 332 g/mol. The fraction of sp³-hybridized carbons (Fsp3) is 0.167. The van der Waals surface area contributed by atoms with Gasteiger partial charge in [0.15, 0.2) is 17.3 Å². The second-order valence-corrected chi connectivity index (χ2v) is 5.07. The summed E-state index contributed by atoms with van der Waals surface area (Å²) in [5, 5.41) is 0. The van der Waals surface area contributed by atoms with Crippen LogP contribution in [0.2, 0.25) is 0 Å². The van der Waals surface area contributed by atoms with Gasteiger partial charge < -0.3 is 14.2 Å². The van der Waals surface area contributed by atoms with Crippen molar-refractivity contribution in [1.82, 2.24) is 0 Å². The van der Waals surface area contributed by atoms with Crippen molar-refractivity contribution < 1.29 is 27.8 Å². The number of ketones is 1. The molecule has 1 heterocycles. The highest BCUT2D eigenvalue weighted by Crippen LogP contribution is 2.32. The van der Waals surface area contributed by atoms with E-state index in [2.05, 4.69) is 4.74 Å². The number of para-hydroxylation sites is 1. The molecule has 2 aromatic carbocycles. The normalized spacial score (nSPS) is 15.2. The average molecular weight is 332 g/mol. The Hall–Kier alpha value is -2.89. The summed E-state index contributed by atoms with van der Waals surface area (Å²) in [6.45, 7) is -2.79. The Morgan fingerprint density at radius 3 is 2.71 bits per heavy atom. The lowest BCUT2D eigenvalue weighted by Gasteiger charge is -2.18. The van der Waals surface area contributed by atoms with Crippen LogP contribution in [0.3, 0.4) is 0 Å². The van der Waals surface area contributed by atoms with Crippen LogP contribution in [0.25, 0.3) is 6.08 Å². The van der Waals surface area contributed by atoms with Gasteiger partial charge in [-0.15, -0.1) is 0 Å². The zero-order valence-electron chi connectivity index (χ0n) is 12.8. The van der Waals surface area contributed by atoms with Crippen molar-refractivity contribution in [2.24, 2.45) is 0 Å². The summed E-state index contributed by atoms with van der Waals surface area (Å²) >= 11 is 0. The van der Waals surface area contributed by atoms with Crippen LogP contribution < -0.4 is 14.2 Å². The van der Waals surface area contributed by atoms with Gasteiger partial charge in [-0.3, -0.25) is 4.79 Å². The van der Waals surface area contributed by atoms with Crippen LogP contribution in [0.15, 0.2) is 48.0 Å². The maximum atomic E-state index is 12.5. The van der Waals surface area contributed by atoms with E-state index in [9.17, 15) is 13.6 Å². The standard InChI is InChI=1S/C18H14F2O4/c1-22-16-9-11(6-7-15(16)24-18(19)20)8-12-10-23-14-5-3-2-4-13(14)17(12)21/h2-9,18H,10H2,1H3/b12-8+. The number of carbonyl (C=O) groups excluding carboxylic acids is 1. The van der Waals surface area contributed by atoms with Crippen molar-refractivity contribution in [2.45, 2.75) is 6.61 Å². The van der Waals surface area contributed by atoms with Gasteiger partial charge in [0.1, 0.15) is 12.4 Å². The average Bonchev–Trinajstić information content (AvgIpc) is 2.58. The highest BCUT2D eigenvalue weighted by Gasteiger charge is 2.22. The number of alkyl halides is 2. The molecule has 0 saturated heterocycles. The Balaban J connectivity index is 1.90. The lowest BCUT2D eigenvalue weighted by Crippen LogP contribution is -2.18. The molecule has 124 valence electrons. The third kappa shape index (κ3) is 3.22. The number of rotatable bonds is 4. The van der Waals surface area contributed by atoms with Gasteiger partial charge in [0.25, 0.3) is 0 Å². The molecule has 0 unspecified atom stereocenters. The molecule has 0 fully saturated rings. The van der Waals surface area contributed by atoms with Crippen LogP contribution in [-0.2, 0) is 0 Å². The van der Waals surface area contributed by atoms with Crippen molar-refractivity contribution in [3.05, 3.63) is 59.2 Å². The highest BCUT2D eigenvalue weighted by molar-refractivity contribution is 6.14. The smallest absolute Gasteiger partial charge is 0.387 e. The summed E-state index contributed by atoms with van der Waals surface area (Å²) in [5.41, 5.74) is 1.60. The van der Waals surface area contributed by atoms with Crippen molar-refractivity contribution >= 4 is 11.9 Å². The minimum absolute atomic E-state index is 0.0637. The van der Waals surface area contributed by atoms with Crippen molar-refractivity contribution in [1.29, 1.82) is 0 Å². The first-order valence-corrected chi connectivity index (χ1v) is 7.18. The Labute approximate surface area is 137 Å². The fourth-order valence-corrected chi connectivity index (χ4v) is 2.45. The second kappa shape index (κ2) is 6.70. The van der Waals surface area contributed by atoms with Gasteiger partial charge in [-0.25, -0.2) is 0 Å². The number of fused-ring (bicyclic) bond motifs is 1. The van der Waals surface area contributed by atoms with Crippen molar-refractivity contribution in [2.75, 3.05) is 13.7 Å². The summed E-state index contributed by atoms with van der Waals surface area (Å²) in [4.78, 5) is 12.5. The molecule has 0 N–H and O–H groups in total. The van der Waals surface area contributed by atoms with E-state index in [0.29, 0.717) is 22.4 Å². The maximum Gasteiger partial charge on any atom is 0.387 e. The number of ether oxygens (including phenoxy) is 3.